The number of fused-ring (bicyclic) bond motifs is 1. The van der Waals surface area contributed by atoms with E-state index in [9.17, 15) is 23.9 Å². The third-order valence-corrected chi connectivity index (χ3v) is 5.53. The third kappa shape index (κ3) is 4.19. The van der Waals surface area contributed by atoms with Gasteiger partial charge in [0.05, 0.1) is 0 Å². The highest BCUT2D eigenvalue weighted by molar-refractivity contribution is 6.30. The molecule has 2 aromatic carbocycles. The van der Waals surface area contributed by atoms with Crippen molar-refractivity contribution in [2.45, 2.75) is 25.2 Å². The van der Waals surface area contributed by atoms with E-state index in [1.54, 1.807) is 23.1 Å². The van der Waals surface area contributed by atoms with Crippen molar-refractivity contribution >= 4 is 41.4 Å². The zero-order chi connectivity index (χ0) is 22.2. The Kier molecular flexibility index (Phi) is 5.55. The van der Waals surface area contributed by atoms with Crippen LogP contribution in [0.1, 0.15) is 17.5 Å². The van der Waals surface area contributed by atoms with Crippen LogP contribution in [0.4, 0.5) is 20.6 Å². The fraction of sp³-hybridized carbons (Fsp3) is 0.286. The fourth-order valence-electron chi connectivity index (χ4n) is 3.79. The van der Waals surface area contributed by atoms with Gasteiger partial charge in [0, 0.05) is 42.5 Å². The summed E-state index contributed by atoms with van der Waals surface area (Å²) >= 11 is 5.78. The number of anilines is 2. The van der Waals surface area contributed by atoms with Gasteiger partial charge in [-0.1, -0.05) is 11.6 Å². The van der Waals surface area contributed by atoms with Crippen LogP contribution in [0.15, 0.2) is 36.4 Å². The molecule has 8 nitrogen and oxygen atoms in total. The first-order valence-electron chi connectivity index (χ1n) is 9.60. The second kappa shape index (κ2) is 8.16. The van der Waals surface area contributed by atoms with Gasteiger partial charge in [-0.3, -0.25) is 9.59 Å². The number of benzene rings is 2. The van der Waals surface area contributed by atoms with Gasteiger partial charge in [-0.25, -0.2) is 9.18 Å². The summed E-state index contributed by atoms with van der Waals surface area (Å²) in [5.41, 5.74) is 2.65. The Bertz CT molecular complexity index is 1050. The highest BCUT2D eigenvalue weighted by Gasteiger charge is 2.49. The van der Waals surface area contributed by atoms with Crippen LogP contribution in [0.2, 0.25) is 5.02 Å². The number of hydrogen-bond acceptors (Lipinski definition) is 5. The van der Waals surface area contributed by atoms with E-state index in [4.69, 9.17) is 16.3 Å². The summed E-state index contributed by atoms with van der Waals surface area (Å²) in [7, 11) is 0. The topological polar surface area (TPSA) is 99.2 Å². The first kappa shape index (κ1) is 21.1. The Morgan fingerprint density at radius 1 is 1.29 bits per heavy atom. The van der Waals surface area contributed by atoms with Crippen LogP contribution in [-0.4, -0.2) is 42.4 Å². The van der Waals surface area contributed by atoms with Crippen molar-refractivity contribution in [3.05, 3.63) is 58.4 Å². The molecule has 0 saturated carbocycles. The number of nitrogens with one attached hydrogen (secondary N) is 1. The first-order chi connectivity index (χ1) is 14.8. The summed E-state index contributed by atoms with van der Waals surface area (Å²) in [6.07, 6.45) is 0.295. The molecule has 4 rings (SSSR count). The minimum absolute atomic E-state index is 0.0949. The number of aliphatic hydroxyl groups is 1. The molecule has 2 aliphatic rings. The van der Waals surface area contributed by atoms with E-state index in [-0.39, 0.29) is 24.5 Å². The lowest BCUT2D eigenvalue weighted by Gasteiger charge is -2.23. The van der Waals surface area contributed by atoms with E-state index >= 15 is 0 Å². The zero-order valence-corrected chi connectivity index (χ0v) is 17.1. The van der Waals surface area contributed by atoms with E-state index in [0.29, 0.717) is 24.2 Å². The van der Waals surface area contributed by atoms with Crippen molar-refractivity contribution in [3.8, 4) is 0 Å². The number of carbonyl (C=O) groups excluding carboxylic acids is 3. The van der Waals surface area contributed by atoms with E-state index in [2.05, 4.69) is 5.32 Å². The van der Waals surface area contributed by atoms with Crippen LogP contribution in [0.5, 0.6) is 0 Å². The fourth-order valence-corrected chi connectivity index (χ4v) is 4.04. The van der Waals surface area contributed by atoms with Crippen molar-refractivity contribution in [1.82, 2.24) is 5.32 Å². The molecule has 0 unspecified atom stereocenters. The molecule has 162 valence electrons. The van der Waals surface area contributed by atoms with Gasteiger partial charge in [0.25, 0.3) is 11.7 Å². The van der Waals surface area contributed by atoms with Gasteiger partial charge in [0.1, 0.15) is 5.82 Å². The Morgan fingerprint density at radius 3 is 2.84 bits per heavy atom. The van der Waals surface area contributed by atoms with Crippen molar-refractivity contribution in [2.24, 2.45) is 0 Å². The summed E-state index contributed by atoms with van der Waals surface area (Å²) in [5, 5.41) is 13.2. The van der Waals surface area contributed by atoms with Crippen LogP contribution >= 0.6 is 11.6 Å². The maximum Gasteiger partial charge on any atom is 0.410 e. The number of hydrogen-bond donors (Lipinski definition) is 2. The standard InChI is InChI=1S/C21H19ClFN3O5/c22-15-7-13(8-16(23)10-15)11-24-20(29)31-21(30)4-6-26(19(21)28)17-1-2-18-14(9-17)3-5-25(18)12-27/h1-2,7-10,12,30H,3-6,11H2,(H,24,29)/t21-/m0/s1. The van der Waals surface area contributed by atoms with Crippen molar-refractivity contribution < 1.29 is 28.6 Å². The maximum absolute atomic E-state index is 13.4. The van der Waals surface area contributed by atoms with Crippen LogP contribution in [0.25, 0.3) is 0 Å². The second-order valence-electron chi connectivity index (χ2n) is 7.37. The summed E-state index contributed by atoms with van der Waals surface area (Å²) < 4.78 is 18.4. The van der Waals surface area contributed by atoms with Gasteiger partial charge in [-0.2, -0.15) is 0 Å². The molecular weight excluding hydrogens is 429 g/mol. The predicted molar refractivity (Wildman–Crippen MR) is 110 cm³/mol. The van der Waals surface area contributed by atoms with Gasteiger partial charge in [0.15, 0.2) is 0 Å². The molecule has 3 amide bonds. The zero-order valence-electron chi connectivity index (χ0n) is 16.3. The SMILES string of the molecule is O=CN1CCc2cc(N3CC[C@](O)(OC(=O)NCc4cc(F)cc(Cl)c4)C3=O)ccc21. The van der Waals surface area contributed by atoms with E-state index in [0.717, 1.165) is 23.7 Å². The molecule has 0 radical (unpaired) electrons. The average molecular weight is 448 g/mol. The van der Waals surface area contributed by atoms with Crippen molar-refractivity contribution in [3.63, 3.8) is 0 Å². The van der Waals surface area contributed by atoms with Gasteiger partial charge in [0.2, 0.25) is 6.41 Å². The lowest BCUT2D eigenvalue weighted by molar-refractivity contribution is -0.175. The lowest BCUT2D eigenvalue weighted by Crippen LogP contribution is -2.46. The molecule has 0 spiro atoms. The van der Waals surface area contributed by atoms with Gasteiger partial charge >= 0.3 is 6.09 Å². The summed E-state index contributed by atoms with van der Waals surface area (Å²) in [6.45, 7) is 0.626. The minimum atomic E-state index is -2.31. The van der Waals surface area contributed by atoms with E-state index < -0.39 is 23.6 Å². The molecule has 31 heavy (non-hydrogen) atoms. The smallest absolute Gasteiger partial charge is 0.407 e. The first-order valence-corrected chi connectivity index (χ1v) is 9.98. The molecule has 0 aromatic heterocycles. The molecule has 2 heterocycles. The molecule has 0 bridgehead atoms. The largest absolute Gasteiger partial charge is 0.410 e. The number of ether oxygens (including phenoxy) is 1. The third-order valence-electron chi connectivity index (χ3n) is 5.31. The van der Waals surface area contributed by atoms with Crippen molar-refractivity contribution in [1.29, 1.82) is 0 Å². The molecule has 0 aliphatic carbocycles. The molecule has 2 N–H and O–H groups in total. The number of nitrogens with zero attached hydrogens (tertiary/aromatic N) is 2. The quantitative estimate of drug-likeness (QED) is 0.541. The summed E-state index contributed by atoms with van der Waals surface area (Å²) in [4.78, 5) is 38.9. The summed E-state index contributed by atoms with van der Waals surface area (Å²) in [6, 6.07) is 9.01. The molecule has 10 heteroatoms. The predicted octanol–water partition coefficient (Wildman–Crippen LogP) is 2.35. The molecular formula is C21H19ClFN3O5. The molecule has 1 atom stereocenters. The maximum atomic E-state index is 13.4. The Balaban J connectivity index is 1.40. The Morgan fingerprint density at radius 2 is 2.10 bits per heavy atom. The van der Waals surface area contributed by atoms with Gasteiger partial charge < -0.3 is 25.0 Å². The highest BCUT2D eigenvalue weighted by Crippen LogP contribution is 2.34. The number of rotatable bonds is 5. The normalized spacial score (nSPS) is 20.0. The van der Waals surface area contributed by atoms with Crippen molar-refractivity contribution in [2.75, 3.05) is 22.9 Å². The van der Waals surface area contributed by atoms with Crippen LogP contribution in [0.3, 0.4) is 0 Å². The number of alkyl carbamates (subject to hydrolysis) is 1. The van der Waals surface area contributed by atoms with Crippen LogP contribution in [-0.2, 0) is 27.3 Å². The highest BCUT2D eigenvalue weighted by atomic mass is 35.5. The monoisotopic (exact) mass is 447 g/mol. The van der Waals surface area contributed by atoms with E-state index in [1.807, 2.05) is 0 Å². The van der Waals surface area contributed by atoms with Crippen LogP contribution in [0, 0.1) is 5.82 Å². The Hall–Kier alpha value is -3.17. The average Bonchev–Trinajstić information content (AvgIpc) is 3.26. The number of carbonyl (C=O) groups is 3. The summed E-state index contributed by atoms with van der Waals surface area (Å²) in [5.74, 6) is -3.62. The molecule has 1 fully saturated rings. The molecule has 2 aromatic rings. The number of amides is 3. The van der Waals surface area contributed by atoms with Crippen LogP contribution < -0.4 is 15.1 Å². The second-order valence-corrected chi connectivity index (χ2v) is 7.81. The molecule has 1 saturated heterocycles. The van der Waals surface area contributed by atoms with E-state index in [1.165, 1.54) is 17.0 Å². The minimum Gasteiger partial charge on any atom is -0.407 e. The van der Waals surface area contributed by atoms with Gasteiger partial charge in [-0.15, -0.1) is 0 Å². The molecule has 2 aliphatic heterocycles. The van der Waals surface area contributed by atoms with Gasteiger partial charge in [-0.05, 0) is 53.9 Å². The lowest BCUT2D eigenvalue weighted by atomic mass is 10.1. The Labute approximate surface area is 182 Å². The number of halogens is 2.